The normalized spacial score (nSPS) is 12.2. The molecule has 0 radical (unpaired) electrons. The van der Waals surface area contributed by atoms with E-state index in [-0.39, 0.29) is 24.0 Å². The number of nitrogens with one attached hydrogen (secondary N) is 2. The van der Waals surface area contributed by atoms with E-state index in [1.165, 1.54) is 15.6 Å². The number of benzene rings is 1. The second-order valence-corrected chi connectivity index (χ2v) is 7.20. The molecule has 0 aliphatic heterocycles. The molecule has 0 amide bonds. The molecule has 0 aliphatic carbocycles. The molecule has 0 aliphatic rings. The third kappa shape index (κ3) is 7.11. The van der Waals surface area contributed by atoms with Gasteiger partial charge in [0.15, 0.2) is 5.96 Å². The Labute approximate surface area is 178 Å². The molecular formula is C19H30IN5S. The first kappa shape index (κ1) is 22.7. The lowest BCUT2D eigenvalue weighted by Gasteiger charge is -2.27. The van der Waals surface area contributed by atoms with E-state index in [2.05, 4.69) is 70.7 Å². The summed E-state index contributed by atoms with van der Waals surface area (Å²) in [5.41, 5.74) is 1.22. The Morgan fingerprint density at radius 1 is 1.27 bits per heavy atom. The second-order valence-electron chi connectivity index (χ2n) is 6.00. The lowest BCUT2D eigenvalue weighted by molar-refractivity contribution is 0.648. The van der Waals surface area contributed by atoms with E-state index in [1.807, 2.05) is 12.3 Å². The van der Waals surface area contributed by atoms with Gasteiger partial charge in [-0.3, -0.25) is 4.99 Å². The number of likely N-dealkylation sites (N-methyl/N-ethyl adjacent to an activating group) is 1. The number of hydrogen-bond acceptors (Lipinski definition) is 4. The van der Waals surface area contributed by atoms with Gasteiger partial charge in [-0.15, -0.1) is 35.3 Å². The largest absolute Gasteiger partial charge is 0.370 e. The molecule has 5 nitrogen and oxygen atoms in total. The first-order valence-corrected chi connectivity index (χ1v) is 9.61. The second kappa shape index (κ2) is 12.1. The quantitative estimate of drug-likeness (QED) is 0.340. The molecule has 0 spiro atoms. The van der Waals surface area contributed by atoms with Crippen LogP contribution in [-0.4, -0.2) is 44.2 Å². The fraction of sp³-hybridized carbons (Fsp3) is 0.474. The molecule has 2 aromatic rings. The van der Waals surface area contributed by atoms with Crippen LogP contribution in [0.1, 0.15) is 23.7 Å². The molecule has 26 heavy (non-hydrogen) atoms. The monoisotopic (exact) mass is 487 g/mol. The topological polar surface area (TPSA) is 52.6 Å². The van der Waals surface area contributed by atoms with Crippen LogP contribution in [0.3, 0.4) is 0 Å². The van der Waals surface area contributed by atoms with E-state index in [0.29, 0.717) is 6.04 Å². The van der Waals surface area contributed by atoms with Crippen LogP contribution in [0.5, 0.6) is 0 Å². The van der Waals surface area contributed by atoms with Gasteiger partial charge >= 0.3 is 0 Å². The van der Waals surface area contributed by atoms with Gasteiger partial charge in [0, 0.05) is 56.4 Å². The van der Waals surface area contributed by atoms with Crippen LogP contribution in [0, 0.1) is 0 Å². The van der Waals surface area contributed by atoms with Gasteiger partial charge in [0.05, 0.1) is 5.01 Å². The molecule has 0 bridgehead atoms. The summed E-state index contributed by atoms with van der Waals surface area (Å²) in [5, 5.41) is 7.95. The highest BCUT2D eigenvalue weighted by molar-refractivity contribution is 14.0. The first-order chi connectivity index (χ1) is 12.1. The van der Waals surface area contributed by atoms with Crippen LogP contribution < -0.4 is 15.5 Å². The van der Waals surface area contributed by atoms with Crippen molar-refractivity contribution in [2.24, 2.45) is 4.99 Å². The van der Waals surface area contributed by atoms with E-state index in [4.69, 9.17) is 0 Å². The smallest absolute Gasteiger partial charge is 0.191 e. The highest BCUT2D eigenvalue weighted by atomic mass is 127. The molecule has 1 heterocycles. The molecule has 1 unspecified atom stereocenters. The number of halogens is 1. The molecule has 144 valence electrons. The molecular weight excluding hydrogens is 457 g/mol. The Kier molecular flexibility index (Phi) is 10.6. The lowest BCUT2D eigenvalue weighted by atomic mass is 10.2. The number of nitrogens with zero attached hydrogens (tertiary/aromatic N) is 3. The Morgan fingerprint density at radius 3 is 2.62 bits per heavy atom. The van der Waals surface area contributed by atoms with Gasteiger partial charge in [0.25, 0.3) is 0 Å². The molecule has 2 rings (SSSR count). The number of anilines is 1. The van der Waals surface area contributed by atoms with Gasteiger partial charge in [-0.25, -0.2) is 4.98 Å². The summed E-state index contributed by atoms with van der Waals surface area (Å²) in [4.78, 5) is 12.4. The zero-order valence-electron chi connectivity index (χ0n) is 16.0. The average Bonchev–Trinajstić information content (AvgIpc) is 3.12. The predicted molar refractivity (Wildman–Crippen MR) is 124 cm³/mol. The van der Waals surface area contributed by atoms with Gasteiger partial charge in [-0.2, -0.15) is 0 Å². The van der Waals surface area contributed by atoms with E-state index in [9.17, 15) is 0 Å². The predicted octanol–water partition coefficient (Wildman–Crippen LogP) is 3.56. The number of aryl methyl sites for hydroxylation is 1. The number of para-hydroxylation sites is 1. The summed E-state index contributed by atoms with van der Waals surface area (Å²) in [7, 11) is 3.92. The van der Waals surface area contributed by atoms with E-state index >= 15 is 0 Å². The summed E-state index contributed by atoms with van der Waals surface area (Å²) in [6, 6.07) is 10.8. The Bertz CT molecular complexity index is 659. The van der Waals surface area contributed by atoms with Crippen molar-refractivity contribution in [2.45, 2.75) is 32.7 Å². The Morgan fingerprint density at radius 2 is 2.00 bits per heavy atom. The van der Waals surface area contributed by atoms with Crippen molar-refractivity contribution in [1.29, 1.82) is 0 Å². The SMILES string of the molecule is CCc1cnc(CCNC(=NC)NCC(C)N(C)c2ccccc2)s1.I. The van der Waals surface area contributed by atoms with Crippen LogP contribution in [0.25, 0.3) is 0 Å². The minimum Gasteiger partial charge on any atom is -0.370 e. The Balaban J connectivity index is 0.00000338. The number of hydrogen-bond donors (Lipinski definition) is 2. The van der Waals surface area contributed by atoms with Crippen molar-refractivity contribution in [3.63, 3.8) is 0 Å². The maximum absolute atomic E-state index is 4.45. The average molecular weight is 487 g/mol. The van der Waals surface area contributed by atoms with Crippen molar-refractivity contribution in [1.82, 2.24) is 15.6 Å². The molecule has 0 fully saturated rings. The number of aromatic nitrogens is 1. The number of guanidine groups is 1. The molecule has 1 atom stereocenters. The third-order valence-electron chi connectivity index (χ3n) is 4.19. The van der Waals surface area contributed by atoms with Crippen molar-refractivity contribution in [3.8, 4) is 0 Å². The zero-order valence-corrected chi connectivity index (χ0v) is 19.2. The van der Waals surface area contributed by atoms with Gasteiger partial charge in [-0.1, -0.05) is 25.1 Å². The molecule has 0 saturated heterocycles. The molecule has 7 heteroatoms. The molecule has 1 aromatic carbocycles. The maximum atomic E-state index is 4.45. The van der Waals surface area contributed by atoms with Crippen molar-refractivity contribution < 1.29 is 0 Å². The van der Waals surface area contributed by atoms with E-state index in [0.717, 1.165) is 31.9 Å². The number of rotatable bonds is 8. The van der Waals surface area contributed by atoms with Crippen molar-refractivity contribution in [2.75, 3.05) is 32.1 Å². The van der Waals surface area contributed by atoms with E-state index in [1.54, 1.807) is 18.4 Å². The third-order valence-corrected chi connectivity index (χ3v) is 5.40. The van der Waals surface area contributed by atoms with Crippen molar-refractivity contribution >= 4 is 47.0 Å². The zero-order chi connectivity index (χ0) is 18.1. The van der Waals surface area contributed by atoms with Crippen LogP contribution in [-0.2, 0) is 12.8 Å². The molecule has 1 aromatic heterocycles. The first-order valence-electron chi connectivity index (χ1n) is 8.80. The highest BCUT2D eigenvalue weighted by Crippen LogP contribution is 2.14. The van der Waals surface area contributed by atoms with Crippen LogP contribution >= 0.6 is 35.3 Å². The van der Waals surface area contributed by atoms with Gasteiger partial charge < -0.3 is 15.5 Å². The van der Waals surface area contributed by atoms with E-state index < -0.39 is 0 Å². The number of thiazole rings is 1. The van der Waals surface area contributed by atoms with Gasteiger partial charge in [0.1, 0.15) is 0 Å². The van der Waals surface area contributed by atoms with Crippen LogP contribution in [0.2, 0.25) is 0 Å². The number of aliphatic imine (C=N–C) groups is 1. The lowest BCUT2D eigenvalue weighted by Crippen LogP contribution is -2.45. The minimum atomic E-state index is 0. The molecule has 2 N–H and O–H groups in total. The summed E-state index contributed by atoms with van der Waals surface area (Å²) in [5.74, 6) is 0.834. The Hall–Kier alpha value is -1.35. The highest BCUT2D eigenvalue weighted by Gasteiger charge is 2.10. The summed E-state index contributed by atoms with van der Waals surface area (Å²) in [6.07, 6.45) is 3.96. The fourth-order valence-corrected chi connectivity index (χ4v) is 3.30. The van der Waals surface area contributed by atoms with Gasteiger partial charge in [-0.05, 0) is 25.5 Å². The van der Waals surface area contributed by atoms with Gasteiger partial charge in [0.2, 0.25) is 0 Å². The molecule has 0 saturated carbocycles. The van der Waals surface area contributed by atoms with Crippen LogP contribution in [0.4, 0.5) is 5.69 Å². The van der Waals surface area contributed by atoms with Crippen molar-refractivity contribution in [3.05, 3.63) is 46.4 Å². The van der Waals surface area contributed by atoms with Crippen LogP contribution in [0.15, 0.2) is 41.5 Å². The summed E-state index contributed by atoms with van der Waals surface area (Å²) < 4.78 is 0. The summed E-state index contributed by atoms with van der Waals surface area (Å²) >= 11 is 1.79. The minimum absolute atomic E-state index is 0. The fourth-order valence-electron chi connectivity index (χ4n) is 2.43. The standard InChI is InChI=1S/C19H29N5S.HI/c1-5-17-14-22-18(25-17)11-12-21-19(20-3)23-13-15(2)24(4)16-9-7-6-8-10-16;/h6-10,14-15H,5,11-13H2,1-4H3,(H2,20,21,23);1H. The maximum Gasteiger partial charge on any atom is 0.191 e. The summed E-state index contributed by atoms with van der Waals surface area (Å²) in [6.45, 7) is 6.02.